The first-order chi connectivity index (χ1) is 14.6. The second-order valence-electron chi connectivity index (χ2n) is 7.89. The molecule has 6 atom stereocenters. The van der Waals surface area contributed by atoms with Gasteiger partial charge in [-0.2, -0.15) is 0 Å². The van der Waals surface area contributed by atoms with Crippen LogP contribution in [0.5, 0.6) is 0 Å². The first kappa shape index (κ1) is 17.5. The molecular weight excluding hydrogens is 388 g/mol. The van der Waals surface area contributed by atoms with Crippen molar-refractivity contribution in [2.24, 2.45) is 11.8 Å². The maximum absolute atomic E-state index is 12.7. The van der Waals surface area contributed by atoms with Crippen molar-refractivity contribution in [3.8, 4) is 0 Å². The number of ether oxygens (including phenoxy) is 2. The van der Waals surface area contributed by atoms with E-state index in [1.54, 1.807) is 10.0 Å². The van der Waals surface area contributed by atoms with Gasteiger partial charge < -0.3 is 9.47 Å². The second-order valence-corrected chi connectivity index (χ2v) is 7.89. The van der Waals surface area contributed by atoms with Crippen molar-refractivity contribution in [1.29, 1.82) is 0 Å². The Bertz CT molecular complexity index is 1000. The number of fused-ring (bicyclic) bond motifs is 5. The molecule has 8 nitrogen and oxygen atoms in total. The molecule has 0 unspecified atom stereocenters. The molecule has 0 radical (unpaired) electrons. The number of rotatable bonds is 2. The van der Waals surface area contributed by atoms with Crippen LogP contribution in [0.25, 0.3) is 0 Å². The minimum absolute atomic E-state index is 0.616. The predicted octanol–water partition coefficient (Wildman–Crippen LogP) is 1.15. The summed E-state index contributed by atoms with van der Waals surface area (Å²) in [6.07, 6.45) is 0. The van der Waals surface area contributed by atoms with Crippen molar-refractivity contribution in [3.63, 3.8) is 0 Å². The zero-order valence-corrected chi connectivity index (χ0v) is 15.6. The number of benzene rings is 2. The van der Waals surface area contributed by atoms with Crippen LogP contribution in [0, 0.1) is 11.8 Å². The minimum Gasteiger partial charge on any atom is -0.392 e. The van der Waals surface area contributed by atoms with Gasteiger partial charge in [0, 0.05) is 0 Å². The first-order valence-electron chi connectivity index (χ1n) is 9.75. The normalized spacial score (nSPS) is 35.2. The summed E-state index contributed by atoms with van der Waals surface area (Å²) in [5, 5.41) is 3.44. The molecule has 6 rings (SSSR count). The number of esters is 4. The highest BCUT2D eigenvalue weighted by Crippen LogP contribution is 2.58. The van der Waals surface area contributed by atoms with Gasteiger partial charge in [0.05, 0.1) is 12.1 Å². The summed E-state index contributed by atoms with van der Waals surface area (Å²) in [4.78, 5) is 50.8. The molecule has 4 saturated heterocycles. The van der Waals surface area contributed by atoms with Gasteiger partial charge in [-0.05, 0) is 11.1 Å². The topological polar surface area (TPSA) is 93.2 Å². The molecule has 4 aliphatic heterocycles. The van der Waals surface area contributed by atoms with Crippen LogP contribution >= 0.6 is 0 Å². The Balaban J connectivity index is 1.58. The van der Waals surface area contributed by atoms with Gasteiger partial charge >= 0.3 is 23.9 Å². The Hall–Kier alpha value is -3.36. The zero-order valence-electron chi connectivity index (χ0n) is 15.6. The molecule has 0 amide bonds. The molecule has 0 spiro atoms. The Morgan fingerprint density at radius 1 is 0.500 bits per heavy atom. The summed E-state index contributed by atoms with van der Waals surface area (Å²) in [7, 11) is 0. The fraction of sp³-hybridized carbons (Fsp3) is 0.273. The van der Waals surface area contributed by atoms with Gasteiger partial charge in [-0.15, -0.1) is 0 Å². The minimum atomic E-state index is -0.904. The third kappa shape index (κ3) is 2.12. The maximum Gasteiger partial charge on any atom is 0.333 e. The van der Waals surface area contributed by atoms with E-state index < -0.39 is 59.9 Å². The molecule has 0 aliphatic carbocycles. The van der Waals surface area contributed by atoms with Crippen molar-refractivity contribution in [1.82, 2.24) is 10.0 Å². The van der Waals surface area contributed by atoms with Gasteiger partial charge in [0.15, 0.2) is 0 Å². The van der Waals surface area contributed by atoms with E-state index >= 15 is 0 Å². The quantitative estimate of drug-likeness (QED) is 0.544. The molecule has 0 aromatic heterocycles. The number of carbonyl (C=O) groups excluding carboxylic acids is 4. The van der Waals surface area contributed by atoms with Crippen molar-refractivity contribution >= 4 is 23.9 Å². The van der Waals surface area contributed by atoms with Gasteiger partial charge in [-0.25, -0.2) is 19.6 Å². The summed E-state index contributed by atoms with van der Waals surface area (Å²) in [6, 6.07) is 15.3. The number of hydrogen-bond donors (Lipinski definition) is 0. The second kappa shape index (κ2) is 6.07. The molecule has 150 valence electrons. The summed E-state index contributed by atoms with van der Waals surface area (Å²) in [5.74, 6) is -4.14. The summed E-state index contributed by atoms with van der Waals surface area (Å²) in [5.41, 5.74) is 1.53. The lowest BCUT2D eigenvalue weighted by atomic mass is 9.84. The number of hydrogen-bond acceptors (Lipinski definition) is 8. The summed E-state index contributed by atoms with van der Waals surface area (Å²) >= 11 is 0. The SMILES string of the molecule is O=C1OC(=O)[C@@H]2[C@@H]1[C@H](c1ccccc1)N1[C@H]3C(=O)OC(=O)[C@@H]3[C@H](c3ccccc3)N21. The van der Waals surface area contributed by atoms with Crippen molar-refractivity contribution in [3.05, 3.63) is 71.8 Å². The van der Waals surface area contributed by atoms with Crippen molar-refractivity contribution < 1.29 is 28.7 Å². The van der Waals surface area contributed by atoms with Crippen molar-refractivity contribution in [2.45, 2.75) is 24.2 Å². The average Bonchev–Trinajstić information content (AvgIpc) is 3.43. The Morgan fingerprint density at radius 3 is 1.23 bits per heavy atom. The molecule has 4 fully saturated rings. The van der Waals surface area contributed by atoms with E-state index in [0.717, 1.165) is 11.1 Å². The molecule has 2 aromatic rings. The molecular formula is C22H16N2O6. The summed E-state index contributed by atoms with van der Waals surface area (Å²) in [6.45, 7) is 0. The van der Waals surface area contributed by atoms with Gasteiger partial charge in [-0.3, -0.25) is 9.59 Å². The highest BCUT2D eigenvalue weighted by molar-refractivity contribution is 6.02. The highest BCUT2D eigenvalue weighted by Gasteiger charge is 2.72. The molecule has 8 heteroatoms. The van der Waals surface area contributed by atoms with Crippen LogP contribution in [0.2, 0.25) is 0 Å². The predicted molar refractivity (Wildman–Crippen MR) is 98.8 cm³/mol. The van der Waals surface area contributed by atoms with Gasteiger partial charge in [0.1, 0.15) is 23.9 Å². The van der Waals surface area contributed by atoms with Crippen LogP contribution in [0.3, 0.4) is 0 Å². The fourth-order valence-electron chi connectivity index (χ4n) is 5.42. The molecule has 2 aromatic carbocycles. The molecule has 0 N–H and O–H groups in total. The number of nitrogens with zero attached hydrogens (tertiary/aromatic N) is 2. The van der Waals surface area contributed by atoms with E-state index in [2.05, 4.69) is 0 Å². The summed E-state index contributed by atoms with van der Waals surface area (Å²) < 4.78 is 10.0. The third-order valence-corrected chi connectivity index (χ3v) is 6.48. The molecule has 4 aliphatic rings. The lowest BCUT2D eigenvalue weighted by Gasteiger charge is -2.33. The standard InChI is InChI=1S/C22H16N2O6/c25-19-13-15(11-7-3-1-4-8-11)23-18-14(20(26)30-22(18)28)16(12-9-5-2-6-10-12)24(23)17(13)21(27)29-19/h1-10,13-18H/t13-,14+,15-,16-,17-,18+/m0/s1. The molecule has 0 saturated carbocycles. The molecule has 0 bridgehead atoms. The Morgan fingerprint density at radius 2 is 0.867 bits per heavy atom. The molecule has 4 heterocycles. The Kier molecular flexibility index (Phi) is 3.54. The van der Waals surface area contributed by atoms with E-state index in [9.17, 15) is 19.2 Å². The third-order valence-electron chi connectivity index (χ3n) is 6.48. The van der Waals surface area contributed by atoms with Crippen LogP contribution in [0.1, 0.15) is 23.2 Å². The van der Waals surface area contributed by atoms with Crippen LogP contribution in [0.15, 0.2) is 60.7 Å². The maximum atomic E-state index is 12.7. The fourth-order valence-corrected chi connectivity index (χ4v) is 5.42. The number of hydrazine groups is 1. The van der Waals surface area contributed by atoms with Crippen LogP contribution in [0.4, 0.5) is 0 Å². The van der Waals surface area contributed by atoms with Gasteiger partial charge in [0.2, 0.25) is 0 Å². The van der Waals surface area contributed by atoms with E-state index in [-0.39, 0.29) is 0 Å². The van der Waals surface area contributed by atoms with Crippen LogP contribution in [-0.2, 0) is 28.7 Å². The van der Waals surface area contributed by atoms with Crippen LogP contribution in [-0.4, -0.2) is 46.0 Å². The lowest BCUT2D eigenvalue weighted by Crippen LogP contribution is -2.45. The average molecular weight is 404 g/mol. The van der Waals surface area contributed by atoms with E-state index in [4.69, 9.17) is 9.47 Å². The van der Waals surface area contributed by atoms with E-state index in [1.165, 1.54) is 0 Å². The largest absolute Gasteiger partial charge is 0.392 e. The number of cyclic esters (lactones) is 4. The first-order valence-corrected chi connectivity index (χ1v) is 9.75. The van der Waals surface area contributed by atoms with Crippen LogP contribution < -0.4 is 0 Å². The lowest BCUT2D eigenvalue weighted by molar-refractivity contribution is -0.167. The highest BCUT2D eigenvalue weighted by atomic mass is 16.6. The zero-order chi connectivity index (χ0) is 20.6. The van der Waals surface area contributed by atoms with Gasteiger partial charge in [-0.1, -0.05) is 60.7 Å². The van der Waals surface area contributed by atoms with Gasteiger partial charge in [0.25, 0.3) is 0 Å². The smallest absolute Gasteiger partial charge is 0.333 e. The van der Waals surface area contributed by atoms with E-state index in [0.29, 0.717) is 0 Å². The van der Waals surface area contributed by atoms with E-state index in [1.807, 2.05) is 60.7 Å². The monoisotopic (exact) mass is 404 g/mol. The van der Waals surface area contributed by atoms with Crippen molar-refractivity contribution in [2.75, 3.05) is 0 Å². The molecule has 30 heavy (non-hydrogen) atoms. The Labute approximate surface area is 170 Å². The number of carbonyl (C=O) groups is 4.